The largest absolute Gasteiger partial charge is 0.260 e. The molecule has 84 valence electrons. The average Bonchev–Trinajstić information content (AvgIpc) is 2.14. The quantitative estimate of drug-likeness (QED) is 0.716. The van der Waals surface area contributed by atoms with Crippen LogP contribution in [0.5, 0.6) is 0 Å². The van der Waals surface area contributed by atoms with Crippen LogP contribution in [0.4, 0.5) is 0 Å². The van der Waals surface area contributed by atoms with Gasteiger partial charge in [-0.3, -0.25) is 4.98 Å². The van der Waals surface area contributed by atoms with Gasteiger partial charge in [0, 0.05) is 11.9 Å². The first-order valence-corrected chi connectivity index (χ1v) is 5.94. The van der Waals surface area contributed by atoms with E-state index in [0.29, 0.717) is 5.92 Å². The SMILES string of the molecule is Cc1cnc([C@H](C)CCC(C)C)c(C)c1. The van der Waals surface area contributed by atoms with Crippen molar-refractivity contribution in [3.63, 3.8) is 0 Å². The van der Waals surface area contributed by atoms with Crippen molar-refractivity contribution >= 4 is 0 Å². The molecule has 0 bridgehead atoms. The van der Waals surface area contributed by atoms with E-state index in [4.69, 9.17) is 0 Å². The summed E-state index contributed by atoms with van der Waals surface area (Å²) < 4.78 is 0. The van der Waals surface area contributed by atoms with Crippen molar-refractivity contribution in [2.24, 2.45) is 5.92 Å². The van der Waals surface area contributed by atoms with E-state index in [1.54, 1.807) is 0 Å². The lowest BCUT2D eigenvalue weighted by Gasteiger charge is -2.15. The minimum Gasteiger partial charge on any atom is -0.260 e. The molecule has 1 aromatic heterocycles. The zero-order chi connectivity index (χ0) is 11.4. The molecule has 0 aromatic carbocycles. The van der Waals surface area contributed by atoms with Crippen LogP contribution in [0.3, 0.4) is 0 Å². The summed E-state index contributed by atoms with van der Waals surface area (Å²) in [5, 5.41) is 0. The van der Waals surface area contributed by atoms with Crippen LogP contribution in [0.25, 0.3) is 0 Å². The van der Waals surface area contributed by atoms with Gasteiger partial charge in [0.05, 0.1) is 0 Å². The van der Waals surface area contributed by atoms with E-state index in [2.05, 4.69) is 45.7 Å². The maximum atomic E-state index is 4.56. The van der Waals surface area contributed by atoms with Crippen LogP contribution in [-0.2, 0) is 0 Å². The Morgan fingerprint density at radius 2 is 1.80 bits per heavy atom. The van der Waals surface area contributed by atoms with Crippen LogP contribution in [-0.4, -0.2) is 4.98 Å². The highest BCUT2D eigenvalue weighted by atomic mass is 14.7. The number of rotatable bonds is 4. The smallest absolute Gasteiger partial charge is 0.0461 e. The molecule has 0 aliphatic rings. The standard InChI is InChI=1S/C14H23N/c1-10(2)6-7-12(4)14-13(5)8-11(3)9-15-14/h8-10,12H,6-7H2,1-5H3/t12-/m1/s1. The Labute approximate surface area is 93.9 Å². The highest BCUT2D eigenvalue weighted by molar-refractivity contribution is 5.25. The third-order valence-corrected chi connectivity index (χ3v) is 2.90. The summed E-state index contributed by atoms with van der Waals surface area (Å²) in [6, 6.07) is 2.23. The van der Waals surface area contributed by atoms with Gasteiger partial charge in [-0.15, -0.1) is 0 Å². The van der Waals surface area contributed by atoms with E-state index in [1.165, 1.54) is 29.7 Å². The first-order valence-electron chi connectivity index (χ1n) is 5.94. The van der Waals surface area contributed by atoms with Crippen molar-refractivity contribution < 1.29 is 0 Å². The van der Waals surface area contributed by atoms with Crippen molar-refractivity contribution in [1.29, 1.82) is 0 Å². The second-order valence-electron chi connectivity index (χ2n) is 5.09. The molecule has 1 heterocycles. The summed E-state index contributed by atoms with van der Waals surface area (Å²) >= 11 is 0. The molecule has 0 aliphatic heterocycles. The summed E-state index contributed by atoms with van der Waals surface area (Å²) in [7, 11) is 0. The third kappa shape index (κ3) is 3.65. The molecule has 1 aromatic rings. The van der Waals surface area contributed by atoms with E-state index in [9.17, 15) is 0 Å². The molecule has 0 radical (unpaired) electrons. The normalized spacial score (nSPS) is 13.2. The molecule has 15 heavy (non-hydrogen) atoms. The molecule has 1 nitrogen and oxygen atoms in total. The zero-order valence-corrected chi connectivity index (χ0v) is 10.7. The van der Waals surface area contributed by atoms with Gasteiger partial charge in [0.1, 0.15) is 0 Å². The minimum atomic E-state index is 0.591. The maximum absolute atomic E-state index is 4.56. The Morgan fingerprint density at radius 3 is 2.33 bits per heavy atom. The van der Waals surface area contributed by atoms with Crippen LogP contribution in [0, 0.1) is 19.8 Å². The first-order chi connectivity index (χ1) is 7.00. The predicted octanol–water partition coefficient (Wildman–Crippen LogP) is 4.24. The van der Waals surface area contributed by atoms with Gasteiger partial charge in [-0.25, -0.2) is 0 Å². The Balaban J connectivity index is 2.69. The van der Waals surface area contributed by atoms with Crippen LogP contribution in [0.15, 0.2) is 12.3 Å². The fourth-order valence-corrected chi connectivity index (χ4v) is 1.96. The number of hydrogen-bond acceptors (Lipinski definition) is 1. The van der Waals surface area contributed by atoms with E-state index >= 15 is 0 Å². The lowest BCUT2D eigenvalue weighted by atomic mass is 9.94. The Kier molecular flexibility index (Phi) is 4.31. The van der Waals surface area contributed by atoms with E-state index in [-0.39, 0.29) is 0 Å². The molecule has 1 heteroatoms. The Hall–Kier alpha value is -0.850. The van der Waals surface area contributed by atoms with Gasteiger partial charge in [-0.05, 0) is 43.2 Å². The Morgan fingerprint density at radius 1 is 1.13 bits per heavy atom. The molecule has 0 aliphatic carbocycles. The van der Waals surface area contributed by atoms with Crippen LogP contribution < -0.4 is 0 Å². The molecular formula is C14H23N. The average molecular weight is 205 g/mol. The molecular weight excluding hydrogens is 182 g/mol. The van der Waals surface area contributed by atoms with Gasteiger partial charge in [-0.1, -0.05) is 33.3 Å². The predicted molar refractivity (Wildman–Crippen MR) is 66.2 cm³/mol. The molecule has 0 N–H and O–H groups in total. The molecule has 0 spiro atoms. The number of nitrogens with zero attached hydrogens (tertiary/aromatic N) is 1. The number of aromatic nitrogens is 1. The maximum Gasteiger partial charge on any atom is 0.0461 e. The van der Waals surface area contributed by atoms with Gasteiger partial charge in [-0.2, -0.15) is 0 Å². The van der Waals surface area contributed by atoms with E-state index in [0.717, 1.165) is 5.92 Å². The molecule has 0 fully saturated rings. The topological polar surface area (TPSA) is 12.9 Å². The van der Waals surface area contributed by atoms with Crippen molar-refractivity contribution in [1.82, 2.24) is 4.98 Å². The first kappa shape index (κ1) is 12.2. The van der Waals surface area contributed by atoms with E-state index < -0.39 is 0 Å². The highest BCUT2D eigenvalue weighted by Crippen LogP contribution is 2.24. The molecule has 0 saturated carbocycles. The fraction of sp³-hybridized carbons (Fsp3) is 0.643. The van der Waals surface area contributed by atoms with Crippen LogP contribution in [0.2, 0.25) is 0 Å². The molecule has 1 atom stereocenters. The van der Waals surface area contributed by atoms with Gasteiger partial charge >= 0.3 is 0 Å². The molecule has 0 amide bonds. The highest BCUT2D eigenvalue weighted by Gasteiger charge is 2.10. The van der Waals surface area contributed by atoms with Gasteiger partial charge < -0.3 is 0 Å². The number of aryl methyl sites for hydroxylation is 2. The van der Waals surface area contributed by atoms with Crippen molar-refractivity contribution in [3.8, 4) is 0 Å². The Bertz CT molecular complexity index is 315. The summed E-state index contributed by atoms with van der Waals surface area (Å²) in [6.45, 7) is 11.1. The zero-order valence-electron chi connectivity index (χ0n) is 10.7. The monoisotopic (exact) mass is 205 g/mol. The number of hydrogen-bond donors (Lipinski definition) is 0. The lowest BCUT2D eigenvalue weighted by Crippen LogP contribution is -2.02. The van der Waals surface area contributed by atoms with Gasteiger partial charge in [0.25, 0.3) is 0 Å². The second-order valence-corrected chi connectivity index (χ2v) is 5.09. The molecule has 0 saturated heterocycles. The minimum absolute atomic E-state index is 0.591. The summed E-state index contributed by atoms with van der Waals surface area (Å²) in [5.41, 5.74) is 3.87. The van der Waals surface area contributed by atoms with Gasteiger partial charge in [0.2, 0.25) is 0 Å². The number of pyridine rings is 1. The summed E-state index contributed by atoms with van der Waals surface area (Å²) in [5.74, 6) is 1.38. The fourth-order valence-electron chi connectivity index (χ4n) is 1.96. The summed E-state index contributed by atoms with van der Waals surface area (Å²) in [6.07, 6.45) is 4.51. The molecule has 1 rings (SSSR count). The summed E-state index contributed by atoms with van der Waals surface area (Å²) in [4.78, 5) is 4.56. The third-order valence-electron chi connectivity index (χ3n) is 2.90. The van der Waals surface area contributed by atoms with Gasteiger partial charge in [0.15, 0.2) is 0 Å². The van der Waals surface area contributed by atoms with Crippen LogP contribution in [0.1, 0.15) is 56.4 Å². The van der Waals surface area contributed by atoms with Crippen LogP contribution >= 0.6 is 0 Å². The lowest BCUT2D eigenvalue weighted by molar-refractivity contribution is 0.510. The molecule has 0 unspecified atom stereocenters. The second kappa shape index (κ2) is 5.29. The van der Waals surface area contributed by atoms with Crippen molar-refractivity contribution in [2.75, 3.05) is 0 Å². The van der Waals surface area contributed by atoms with E-state index in [1.807, 2.05) is 6.20 Å². The van der Waals surface area contributed by atoms with Crippen molar-refractivity contribution in [3.05, 3.63) is 29.1 Å². The van der Waals surface area contributed by atoms with Crippen molar-refractivity contribution in [2.45, 2.75) is 53.4 Å².